The normalized spacial score (nSPS) is 10.6. The summed E-state index contributed by atoms with van der Waals surface area (Å²) in [6.07, 6.45) is 3.37. The van der Waals surface area contributed by atoms with Gasteiger partial charge in [-0.05, 0) is 24.3 Å². The number of nitrogens with zero attached hydrogens (tertiary/aromatic N) is 3. The van der Waals surface area contributed by atoms with Crippen molar-refractivity contribution in [2.45, 2.75) is 6.92 Å². The number of hydrogen-bond donors (Lipinski definition) is 1. The van der Waals surface area contributed by atoms with Crippen LogP contribution in [0.25, 0.3) is 16.7 Å². The predicted octanol–water partition coefficient (Wildman–Crippen LogP) is 4.19. The third kappa shape index (κ3) is 3.88. The Hall–Kier alpha value is -4.07. The summed E-state index contributed by atoms with van der Waals surface area (Å²) in [4.78, 5) is 20.0. The number of benzene rings is 2. The molecule has 0 radical (unpaired) electrons. The largest absolute Gasteiger partial charge is 0.493 e. The summed E-state index contributed by atoms with van der Waals surface area (Å²) in [5.74, 6) is 2.09. The van der Waals surface area contributed by atoms with Crippen molar-refractivity contribution in [2.24, 2.45) is 0 Å². The Bertz CT molecular complexity index is 1220. The number of ether oxygens (including phenoxy) is 3. The highest BCUT2D eigenvalue weighted by atomic mass is 16.5. The van der Waals surface area contributed by atoms with Crippen LogP contribution in [0.15, 0.2) is 61.1 Å². The van der Waals surface area contributed by atoms with E-state index in [2.05, 4.69) is 15.3 Å². The van der Waals surface area contributed by atoms with Crippen LogP contribution in [0.3, 0.4) is 0 Å². The first-order valence-electron chi connectivity index (χ1n) is 9.18. The first-order chi connectivity index (χ1) is 14.6. The quantitative estimate of drug-likeness (QED) is 0.519. The minimum absolute atomic E-state index is 0.148. The second-order valence-electron chi connectivity index (χ2n) is 6.48. The van der Waals surface area contributed by atoms with Gasteiger partial charge in [-0.2, -0.15) is 0 Å². The van der Waals surface area contributed by atoms with Crippen LogP contribution in [0.1, 0.15) is 6.92 Å². The maximum atomic E-state index is 11.3. The molecule has 4 aromatic rings. The molecule has 0 aliphatic carbocycles. The zero-order valence-electron chi connectivity index (χ0n) is 16.7. The molecule has 0 spiro atoms. The molecular weight excluding hydrogens is 384 g/mol. The lowest BCUT2D eigenvalue weighted by Gasteiger charge is -2.11. The molecule has 30 heavy (non-hydrogen) atoms. The number of carbonyl (C=O) groups excluding carboxylic acids is 1. The van der Waals surface area contributed by atoms with E-state index in [4.69, 9.17) is 14.2 Å². The number of nitrogens with one attached hydrogen (secondary N) is 1. The lowest BCUT2D eigenvalue weighted by molar-refractivity contribution is -0.114. The van der Waals surface area contributed by atoms with Crippen molar-refractivity contribution >= 4 is 22.6 Å². The predicted molar refractivity (Wildman–Crippen MR) is 113 cm³/mol. The molecule has 152 valence electrons. The van der Waals surface area contributed by atoms with Gasteiger partial charge < -0.3 is 19.5 Å². The minimum atomic E-state index is -0.148. The number of hydrogen-bond acceptors (Lipinski definition) is 6. The molecule has 2 aromatic heterocycles. The lowest BCUT2D eigenvalue weighted by atomic mass is 10.2. The van der Waals surface area contributed by atoms with Crippen molar-refractivity contribution in [1.29, 1.82) is 0 Å². The van der Waals surface area contributed by atoms with Gasteiger partial charge in [0.1, 0.15) is 17.6 Å². The number of carbonyl (C=O) groups is 1. The van der Waals surface area contributed by atoms with E-state index in [0.717, 1.165) is 16.7 Å². The van der Waals surface area contributed by atoms with E-state index >= 15 is 0 Å². The van der Waals surface area contributed by atoms with Crippen LogP contribution in [-0.4, -0.2) is 34.7 Å². The van der Waals surface area contributed by atoms with Crippen LogP contribution in [0.2, 0.25) is 0 Å². The van der Waals surface area contributed by atoms with Gasteiger partial charge in [0.05, 0.1) is 31.6 Å². The maximum absolute atomic E-state index is 11.3. The van der Waals surface area contributed by atoms with Gasteiger partial charge in [0.15, 0.2) is 11.5 Å². The van der Waals surface area contributed by atoms with Gasteiger partial charge in [0.25, 0.3) is 0 Å². The molecule has 0 unspecified atom stereocenters. The van der Waals surface area contributed by atoms with E-state index < -0.39 is 0 Å². The summed E-state index contributed by atoms with van der Waals surface area (Å²) in [6.45, 7) is 1.46. The van der Waals surface area contributed by atoms with E-state index in [-0.39, 0.29) is 5.91 Å². The number of pyridine rings is 1. The van der Waals surface area contributed by atoms with Crippen molar-refractivity contribution < 1.29 is 19.0 Å². The Labute approximate surface area is 173 Å². The number of fused-ring (bicyclic) bond motifs is 1. The molecule has 0 saturated carbocycles. The maximum Gasteiger partial charge on any atom is 0.221 e. The minimum Gasteiger partial charge on any atom is -0.493 e. The van der Waals surface area contributed by atoms with Crippen LogP contribution in [0.4, 0.5) is 5.69 Å². The summed E-state index contributed by atoms with van der Waals surface area (Å²) < 4.78 is 18.5. The highest BCUT2D eigenvalue weighted by molar-refractivity contribution is 5.88. The highest BCUT2D eigenvalue weighted by Crippen LogP contribution is 2.31. The Morgan fingerprint density at radius 2 is 1.83 bits per heavy atom. The Morgan fingerprint density at radius 3 is 2.60 bits per heavy atom. The van der Waals surface area contributed by atoms with E-state index in [0.29, 0.717) is 28.8 Å². The lowest BCUT2D eigenvalue weighted by Crippen LogP contribution is -2.05. The number of rotatable bonds is 6. The molecular formula is C22H20N4O4. The molecule has 0 aliphatic rings. The summed E-state index contributed by atoms with van der Waals surface area (Å²) in [6, 6.07) is 14.6. The first kappa shape index (κ1) is 19.3. The third-order valence-electron chi connectivity index (χ3n) is 4.43. The van der Waals surface area contributed by atoms with Crippen LogP contribution in [0.5, 0.6) is 23.1 Å². The molecule has 1 amide bonds. The molecule has 0 bridgehead atoms. The van der Waals surface area contributed by atoms with Crippen molar-refractivity contribution in [3.63, 3.8) is 0 Å². The summed E-state index contributed by atoms with van der Waals surface area (Å²) in [5, 5.41) is 2.73. The van der Waals surface area contributed by atoms with Crippen LogP contribution in [0, 0.1) is 0 Å². The second kappa shape index (κ2) is 8.12. The first-order valence-corrected chi connectivity index (χ1v) is 9.18. The van der Waals surface area contributed by atoms with Gasteiger partial charge in [-0.25, -0.2) is 9.97 Å². The average Bonchev–Trinajstić information content (AvgIpc) is 3.16. The molecule has 0 fully saturated rings. The fourth-order valence-electron chi connectivity index (χ4n) is 3.09. The molecule has 8 heteroatoms. The van der Waals surface area contributed by atoms with Gasteiger partial charge in [0, 0.05) is 30.8 Å². The Balaban J connectivity index is 1.68. The summed E-state index contributed by atoms with van der Waals surface area (Å²) in [7, 11) is 3.19. The number of imidazole rings is 1. The Kier molecular flexibility index (Phi) is 5.21. The van der Waals surface area contributed by atoms with Gasteiger partial charge >= 0.3 is 0 Å². The third-order valence-corrected chi connectivity index (χ3v) is 4.43. The second-order valence-corrected chi connectivity index (χ2v) is 6.48. The van der Waals surface area contributed by atoms with Gasteiger partial charge in [-0.3, -0.25) is 9.36 Å². The van der Waals surface area contributed by atoms with E-state index in [1.54, 1.807) is 51.0 Å². The van der Waals surface area contributed by atoms with Crippen molar-refractivity contribution in [3.8, 4) is 28.8 Å². The molecule has 2 heterocycles. The monoisotopic (exact) mass is 404 g/mol. The molecule has 1 N–H and O–H groups in total. The number of amides is 1. The highest BCUT2D eigenvalue weighted by Gasteiger charge is 2.11. The molecule has 2 aromatic carbocycles. The van der Waals surface area contributed by atoms with E-state index in [1.165, 1.54) is 6.92 Å². The van der Waals surface area contributed by atoms with Crippen LogP contribution < -0.4 is 19.5 Å². The van der Waals surface area contributed by atoms with Crippen molar-refractivity contribution in [1.82, 2.24) is 14.5 Å². The number of aromatic nitrogens is 3. The zero-order valence-corrected chi connectivity index (χ0v) is 16.7. The molecule has 4 rings (SSSR count). The fraction of sp³-hybridized carbons (Fsp3) is 0.136. The standard InChI is InChI=1S/C22H20N4O4/c1-14(27)25-15-5-4-6-17(9-15)30-22-11-19-18(12-23-22)24-13-26(19)16-7-8-20(28-2)21(10-16)29-3/h4-13H,1-3H3,(H,25,27). The molecule has 0 saturated heterocycles. The van der Waals surface area contributed by atoms with Gasteiger partial charge in [-0.1, -0.05) is 6.07 Å². The van der Waals surface area contributed by atoms with Gasteiger partial charge in [0.2, 0.25) is 11.8 Å². The number of methoxy groups -OCH3 is 2. The van der Waals surface area contributed by atoms with Crippen molar-refractivity contribution in [3.05, 3.63) is 61.1 Å². The molecule has 8 nitrogen and oxygen atoms in total. The SMILES string of the molecule is COc1ccc(-n2cnc3cnc(Oc4cccc(NC(C)=O)c4)cc32)cc1OC. The number of anilines is 1. The summed E-state index contributed by atoms with van der Waals surface area (Å²) >= 11 is 0. The fourth-order valence-corrected chi connectivity index (χ4v) is 3.09. The van der Waals surface area contributed by atoms with E-state index in [9.17, 15) is 4.79 Å². The smallest absolute Gasteiger partial charge is 0.221 e. The Morgan fingerprint density at radius 1 is 1.00 bits per heavy atom. The van der Waals surface area contributed by atoms with Crippen molar-refractivity contribution in [2.75, 3.05) is 19.5 Å². The van der Waals surface area contributed by atoms with Crippen LogP contribution in [-0.2, 0) is 4.79 Å². The van der Waals surface area contributed by atoms with Crippen LogP contribution >= 0.6 is 0 Å². The molecule has 0 aliphatic heterocycles. The van der Waals surface area contributed by atoms with E-state index in [1.807, 2.05) is 28.8 Å². The van der Waals surface area contributed by atoms with Gasteiger partial charge in [-0.15, -0.1) is 0 Å². The average molecular weight is 404 g/mol. The topological polar surface area (TPSA) is 87.5 Å². The molecule has 0 atom stereocenters. The summed E-state index contributed by atoms with van der Waals surface area (Å²) in [5.41, 5.74) is 3.06. The zero-order chi connectivity index (χ0) is 21.1.